The highest BCUT2D eigenvalue weighted by molar-refractivity contribution is 5.99. The maximum atomic E-state index is 13.8. The number of anilines is 1. The van der Waals surface area contributed by atoms with E-state index in [2.05, 4.69) is 10.6 Å². The molecule has 5 heteroatoms. The van der Waals surface area contributed by atoms with Crippen LogP contribution in [-0.2, 0) is 4.74 Å². The molecule has 1 amide bonds. The number of nitrogens with one attached hydrogen (secondary N) is 2. The van der Waals surface area contributed by atoms with E-state index in [4.69, 9.17) is 4.74 Å². The number of carbonyl (C=O) groups is 1. The normalized spacial score (nSPS) is 21.8. The van der Waals surface area contributed by atoms with Crippen LogP contribution in [-0.4, -0.2) is 31.7 Å². The highest BCUT2D eigenvalue weighted by Crippen LogP contribution is 2.24. The molecule has 20 heavy (non-hydrogen) atoms. The summed E-state index contributed by atoms with van der Waals surface area (Å²) in [5.74, 6) is -0.663. The highest BCUT2D eigenvalue weighted by atomic mass is 19.1. The molecule has 2 unspecified atom stereocenters. The van der Waals surface area contributed by atoms with Crippen LogP contribution in [0.15, 0.2) is 18.2 Å². The van der Waals surface area contributed by atoms with Crippen LogP contribution in [0.4, 0.5) is 10.1 Å². The molecule has 1 aliphatic rings. The molecule has 0 saturated heterocycles. The van der Waals surface area contributed by atoms with Crippen molar-refractivity contribution in [1.29, 1.82) is 0 Å². The number of methoxy groups -OCH3 is 1. The van der Waals surface area contributed by atoms with Gasteiger partial charge in [0.05, 0.1) is 23.4 Å². The number of rotatable bonds is 5. The maximum Gasteiger partial charge on any atom is 0.253 e. The molecule has 110 valence electrons. The van der Waals surface area contributed by atoms with E-state index in [0.717, 1.165) is 19.3 Å². The Hall–Kier alpha value is -1.62. The Kier molecular flexibility index (Phi) is 4.95. The number of amides is 1. The first-order chi connectivity index (χ1) is 9.67. The van der Waals surface area contributed by atoms with Crippen LogP contribution in [0.1, 0.15) is 36.5 Å². The molecular formula is C15H21FN2O2. The average Bonchev–Trinajstić information content (AvgIpc) is 2.88. The van der Waals surface area contributed by atoms with Gasteiger partial charge in [-0.25, -0.2) is 4.39 Å². The Morgan fingerprint density at radius 3 is 2.95 bits per heavy atom. The lowest BCUT2D eigenvalue weighted by Gasteiger charge is -2.20. The summed E-state index contributed by atoms with van der Waals surface area (Å²) in [7, 11) is 1.65. The quantitative estimate of drug-likeness (QED) is 0.871. The predicted molar refractivity (Wildman–Crippen MR) is 76.5 cm³/mol. The third-order valence-corrected chi connectivity index (χ3v) is 3.68. The van der Waals surface area contributed by atoms with E-state index in [0.29, 0.717) is 12.1 Å². The predicted octanol–water partition coefficient (Wildman–Crippen LogP) is 2.55. The second kappa shape index (κ2) is 6.70. The molecule has 1 saturated carbocycles. The zero-order chi connectivity index (χ0) is 14.5. The Morgan fingerprint density at radius 2 is 2.25 bits per heavy atom. The van der Waals surface area contributed by atoms with Gasteiger partial charge < -0.3 is 15.4 Å². The number of para-hydroxylation sites is 1. The first-order valence-electron chi connectivity index (χ1n) is 7.03. The summed E-state index contributed by atoms with van der Waals surface area (Å²) in [5, 5.41) is 5.86. The fourth-order valence-corrected chi connectivity index (χ4v) is 2.69. The number of hydrogen-bond acceptors (Lipinski definition) is 3. The summed E-state index contributed by atoms with van der Waals surface area (Å²) in [6, 6.07) is 4.54. The van der Waals surface area contributed by atoms with Gasteiger partial charge in [0.25, 0.3) is 5.91 Å². The zero-order valence-corrected chi connectivity index (χ0v) is 11.9. The van der Waals surface area contributed by atoms with Crippen molar-refractivity contribution in [3.05, 3.63) is 29.6 Å². The SMILES string of the molecule is CCNc1c(F)cccc1C(=O)NC1CCCC1OC. The van der Waals surface area contributed by atoms with Crippen LogP contribution in [0.2, 0.25) is 0 Å². The Morgan fingerprint density at radius 1 is 1.45 bits per heavy atom. The van der Waals surface area contributed by atoms with Crippen molar-refractivity contribution in [2.24, 2.45) is 0 Å². The van der Waals surface area contributed by atoms with Crippen molar-refractivity contribution in [3.63, 3.8) is 0 Å². The summed E-state index contributed by atoms with van der Waals surface area (Å²) in [6.07, 6.45) is 2.93. The lowest BCUT2D eigenvalue weighted by atomic mass is 10.1. The Bertz CT molecular complexity index is 479. The minimum absolute atomic E-state index is 0.00486. The van der Waals surface area contributed by atoms with Crippen LogP contribution in [0.5, 0.6) is 0 Å². The van der Waals surface area contributed by atoms with Crippen molar-refractivity contribution in [2.45, 2.75) is 38.3 Å². The van der Waals surface area contributed by atoms with Gasteiger partial charge in [0, 0.05) is 13.7 Å². The van der Waals surface area contributed by atoms with Crippen LogP contribution in [0.25, 0.3) is 0 Å². The van der Waals surface area contributed by atoms with Crippen molar-refractivity contribution in [1.82, 2.24) is 5.32 Å². The van der Waals surface area contributed by atoms with Crippen LogP contribution in [0.3, 0.4) is 0 Å². The third-order valence-electron chi connectivity index (χ3n) is 3.68. The van der Waals surface area contributed by atoms with E-state index in [1.807, 2.05) is 6.92 Å². The molecule has 1 aliphatic carbocycles. The van der Waals surface area contributed by atoms with E-state index in [1.54, 1.807) is 19.2 Å². The monoisotopic (exact) mass is 280 g/mol. The van der Waals surface area contributed by atoms with Crippen molar-refractivity contribution >= 4 is 11.6 Å². The summed E-state index contributed by atoms with van der Waals surface area (Å²) in [6.45, 7) is 2.43. The van der Waals surface area contributed by atoms with Crippen molar-refractivity contribution in [3.8, 4) is 0 Å². The lowest BCUT2D eigenvalue weighted by molar-refractivity contribution is 0.0722. The van der Waals surface area contributed by atoms with E-state index >= 15 is 0 Å². The number of carbonyl (C=O) groups excluding carboxylic acids is 1. The largest absolute Gasteiger partial charge is 0.382 e. The fourth-order valence-electron chi connectivity index (χ4n) is 2.69. The molecule has 0 heterocycles. The van der Waals surface area contributed by atoms with Gasteiger partial charge in [-0.15, -0.1) is 0 Å². The molecule has 1 aromatic carbocycles. The second-order valence-corrected chi connectivity index (χ2v) is 4.98. The summed E-state index contributed by atoms with van der Waals surface area (Å²) >= 11 is 0. The van der Waals surface area contributed by atoms with E-state index in [1.165, 1.54) is 6.07 Å². The standard InChI is InChI=1S/C15H21FN2O2/c1-3-17-14-10(6-4-7-11(14)16)15(19)18-12-8-5-9-13(12)20-2/h4,6-7,12-13,17H,3,5,8-9H2,1-2H3,(H,18,19). The second-order valence-electron chi connectivity index (χ2n) is 4.98. The maximum absolute atomic E-state index is 13.8. The smallest absolute Gasteiger partial charge is 0.253 e. The molecule has 0 spiro atoms. The minimum Gasteiger partial charge on any atom is -0.382 e. The van der Waals surface area contributed by atoms with Gasteiger partial charge in [-0.05, 0) is 38.3 Å². The molecule has 0 bridgehead atoms. The van der Waals surface area contributed by atoms with Crippen molar-refractivity contribution < 1.29 is 13.9 Å². The van der Waals surface area contributed by atoms with Gasteiger partial charge >= 0.3 is 0 Å². The highest BCUT2D eigenvalue weighted by Gasteiger charge is 2.29. The number of benzene rings is 1. The van der Waals surface area contributed by atoms with Crippen LogP contribution in [0, 0.1) is 5.82 Å². The molecular weight excluding hydrogens is 259 g/mol. The molecule has 0 aromatic heterocycles. The van der Waals surface area contributed by atoms with Gasteiger partial charge in [-0.3, -0.25) is 4.79 Å². The number of ether oxygens (including phenoxy) is 1. The van der Waals surface area contributed by atoms with Crippen LogP contribution >= 0.6 is 0 Å². The summed E-state index contributed by atoms with van der Waals surface area (Å²) in [5.41, 5.74) is 0.605. The Labute approximate surface area is 118 Å². The van der Waals surface area contributed by atoms with Crippen molar-refractivity contribution in [2.75, 3.05) is 19.0 Å². The number of hydrogen-bond donors (Lipinski definition) is 2. The summed E-state index contributed by atoms with van der Waals surface area (Å²) in [4.78, 5) is 12.3. The van der Waals surface area contributed by atoms with E-state index in [9.17, 15) is 9.18 Å². The third kappa shape index (κ3) is 3.10. The molecule has 0 aliphatic heterocycles. The Balaban J connectivity index is 2.15. The topological polar surface area (TPSA) is 50.4 Å². The first kappa shape index (κ1) is 14.8. The average molecular weight is 280 g/mol. The summed E-state index contributed by atoms with van der Waals surface area (Å²) < 4.78 is 19.1. The van der Waals surface area contributed by atoms with Gasteiger partial charge in [0.15, 0.2) is 0 Å². The van der Waals surface area contributed by atoms with Crippen LogP contribution < -0.4 is 10.6 Å². The molecule has 1 fully saturated rings. The first-order valence-corrected chi connectivity index (χ1v) is 7.03. The van der Waals surface area contributed by atoms with Gasteiger partial charge in [-0.2, -0.15) is 0 Å². The van der Waals surface area contributed by atoms with E-state index in [-0.39, 0.29) is 23.7 Å². The molecule has 0 radical (unpaired) electrons. The number of halogens is 1. The molecule has 2 N–H and O–H groups in total. The van der Waals surface area contributed by atoms with Gasteiger partial charge in [0.1, 0.15) is 5.82 Å². The zero-order valence-electron chi connectivity index (χ0n) is 11.9. The molecule has 2 rings (SSSR count). The van der Waals surface area contributed by atoms with Gasteiger partial charge in [-0.1, -0.05) is 6.07 Å². The molecule has 1 aromatic rings. The lowest BCUT2D eigenvalue weighted by Crippen LogP contribution is -2.41. The molecule has 4 nitrogen and oxygen atoms in total. The fraction of sp³-hybridized carbons (Fsp3) is 0.533. The minimum atomic E-state index is -0.408. The molecule has 2 atom stereocenters. The van der Waals surface area contributed by atoms with Gasteiger partial charge in [0.2, 0.25) is 0 Å². The van der Waals surface area contributed by atoms with E-state index < -0.39 is 5.82 Å².